The van der Waals surface area contributed by atoms with Gasteiger partial charge in [0.05, 0.1) is 12.3 Å². The molecule has 4 atom stereocenters. The number of nitrogen functional groups attached to an aromatic ring is 1. The summed E-state index contributed by atoms with van der Waals surface area (Å²) < 4.78 is 19.1. The van der Waals surface area contributed by atoms with Crippen molar-refractivity contribution in [3.05, 3.63) is 22.5 Å². The van der Waals surface area contributed by atoms with Gasteiger partial charge in [-0.1, -0.05) is 0 Å². The molecule has 0 radical (unpaired) electrons. The third-order valence-electron chi connectivity index (χ3n) is 2.69. The molecule has 1 aromatic rings. The molecule has 1 saturated heterocycles. The van der Waals surface area contributed by atoms with Gasteiger partial charge in [0, 0.05) is 0 Å². The Kier molecular flexibility index (Phi) is 2.86. The summed E-state index contributed by atoms with van der Waals surface area (Å²) in [7, 11) is 0. The summed E-state index contributed by atoms with van der Waals surface area (Å²) in [5.41, 5.74) is 4.27. The number of hydrogen-bond donors (Lipinski definition) is 3. The van der Waals surface area contributed by atoms with Crippen LogP contribution in [0.2, 0.25) is 0 Å². The number of halogens is 1. The van der Waals surface area contributed by atoms with E-state index in [4.69, 9.17) is 10.5 Å². The number of nitrogens with zero attached hydrogens (tertiary/aromatic N) is 2. The van der Waals surface area contributed by atoms with Gasteiger partial charge in [0.25, 0.3) is 0 Å². The summed E-state index contributed by atoms with van der Waals surface area (Å²) in [6.45, 7) is 1.53. The summed E-state index contributed by atoms with van der Waals surface area (Å²) in [4.78, 5) is 14.7. The zero-order chi connectivity index (χ0) is 12.7. The van der Waals surface area contributed by atoms with Crippen LogP contribution in [0.1, 0.15) is 13.2 Å². The molecule has 1 fully saturated rings. The lowest BCUT2D eigenvalue weighted by Crippen LogP contribution is -2.35. The first-order chi connectivity index (χ1) is 7.91. The van der Waals surface area contributed by atoms with Crippen LogP contribution in [0.25, 0.3) is 0 Å². The highest BCUT2D eigenvalue weighted by Crippen LogP contribution is 2.28. The normalized spacial score (nSPS) is 32.9. The number of aliphatic hydroxyl groups is 2. The van der Waals surface area contributed by atoms with E-state index in [0.717, 1.165) is 10.8 Å². The smallest absolute Gasteiger partial charge is 0.351 e. The Morgan fingerprint density at radius 1 is 1.53 bits per heavy atom. The fourth-order valence-electron chi connectivity index (χ4n) is 1.70. The Morgan fingerprint density at radius 2 is 2.18 bits per heavy atom. The molecule has 0 spiro atoms. The highest BCUT2D eigenvalue weighted by Gasteiger charge is 2.41. The molecule has 0 aliphatic carbocycles. The molecule has 8 heteroatoms. The molecule has 0 amide bonds. The van der Waals surface area contributed by atoms with E-state index >= 15 is 0 Å². The Hall–Kier alpha value is -1.51. The maximum absolute atomic E-state index is 13.2. The van der Waals surface area contributed by atoms with Gasteiger partial charge >= 0.3 is 5.69 Å². The average Bonchev–Trinajstić information content (AvgIpc) is 2.51. The molecule has 2 rings (SSSR count). The molecule has 94 valence electrons. The van der Waals surface area contributed by atoms with Crippen molar-refractivity contribution in [1.29, 1.82) is 0 Å². The van der Waals surface area contributed by atoms with E-state index < -0.39 is 41.9 Å². The molecule has 4 N–H and O–H groups in total. The molecule has 17 heavy (non-hydrogen) atoms. The van der Waals surface area contributed by atoms with E-state index in [-0.39, 0.29) is 0 Å². The van der Waals surface area contributed by atoms with Gasteiger partial charge in [-0.25, -0.2) is 9.18 Å². The van der Waals surface area contributed by atoms with Crippen molar-refractivity contribution in [2.45, 2.75) is 31.5 Å². The largest absolute Gasteiger partial charge is 0.388 e. The van der Waals surface area contributed by atoms with Crippen LogP contribution in [0.15, 0.2) is 11.0 Å². The third-order valence-corrected chi connectivity index (χ3v) is 2.69. The molecular formula is C9H12FN3O4. The number of nitrogens with two attached hydrogens (primary N) is 1. The number of ether oxygens (including phenoxy) is 1. The van der Waals surface area contributed by atoms with E-state index in [1.54, 1.807) is 0 Å². The van der Waals surface area contributed by atoms with Crippen molar-refractivity contribution in [2.75, 3.05) is 5.73 Å². The van der Waals surface area contributed by atoms with Gasteiger partial charge in [-0.05, 0) is 6.92 Å². The van der Waals surface area contributed by atoms with Crippen molar-refractivity contribution in [3.8, 4) is 0 Å². The molecular weight excluding hydrogens is 233 g/mol. The Labute approximate surface area is 95.3 Å². The maximum atomic E-state index is 13.2. The summed E-state index contributed by atoms with van der Waals surface area (Å²) in [6, 6.07) is 0. The van der Waals surface area contributed by atoms with Crippen LogP contribution >= 0.6 is 0 Å². The van der Waals surface area contributed by atoms with Gasteiger partial charge in [-0.3, -0.25) is 4.57 Å². The van der Waals surface area contributed by atoms with E-state index in [0.29, 0.717) is 0 Å². The van der Waals surface area contributed by atoms with Gasteiger partial charge in [0.1, 0.15) is 12.2 Å². The second-order valence-corrected chi connectivity index (χ2v) is 3.88. The second kappa shape index (κ2) is 4.06. The molecule has 1 aromatic heterocycles. The SMILES string of the molecule is C[C@@H]1O[C@H](n2cc(F)c(N)nc2=O)C(O)[C@@H]1O. The lowest BCUT2D eigenvalue weighted by atomic mass is 10.1. The molecule has 1 aliphatic heterocycles. The van der Waals surface area contributed by atoms with Crippen LogP contribution in [-0.2, 0) is 4.74 Å². The lowest BCUT2D eigenvalue weighted by molar-refractivity contribution is -0.0355. The monoisotopic (exact) mass is 245 g/mol. The van der Waals surface area contributed by atoms with E-state index in [2.05, 4.69) is 4.98 Å². The molecule has 0 aromatic carbocycles. The quantitative estimate of drug-likeness (QED) is 0.561. The molecule has 7 nitrogen and oxygen atoms in total. The van der Waals surface area contributed by atoms with Crippen LogP contribution < -0.4 is 11.4 Å². The minimum absolute atomic E-state index is 0.521. The first kappa shape index (κ1) is 12.0. The van der Waals surface area contributed by atoms with Gasteiger partial charge in [-0.2, -0.15) is 4.98 Å². The number of aromatic nitrogens is 2. The van der Waals surface area contributed by atoms with Gasteiger partial charge < -0.3 is 20.7 Å². The highest BCUT2D eigenvalue weighted by molar-refractivity contribution is 5.26. The first-order valence-electron chi connectivity index (χ1n) is 4.97. The van der Waals surface area contributed by atoms with E-state index in [9.17, 15) is 19.4 Å². The van der Waals surface area contributed by atoms with Gasteiger partial charge in [0.2, 0.25) is 0 Å². The number of hydrogen-bond acceptors (Lipinski definition) is 6. The number of aliphatic hydroxyl groups excluding tert-OH is 2. The Balaban J connectivity index is 2.42. The molecule has 1 aliphatic rings. The first-order valence-corrected chi connectivity index (χ1v) is 4.97. The Bertz CT molecular complexity index is 492. The fraction of sp³-hybridized carbons (Fsp3) is 0.556. The van der Waals surface area contributed by atoms with Crippen LogP contribution in [0.4, 0.5) is 10.2 Å². The topological polar surface area (TPSA) is 111 Å². The van der Waals surface area contributed by atoms with Gasteiger partial charge in [-0.15, -0.1) is 0 Å². The van der Waals surface area contributed by atoms with Crippen LogP contribution in [-0.4, -0.2) is 38.1 Å². The zero-order valence-electron chi connectivity index (χ0n) is 8.95. The van der Waals surface area contributed by atoms with Gasteiger partial charge in [0.15, 0.2) is 17.9 Å². The summed E-state index contributed by atoms with van der Waals surface area (Å²) >= 11 is 0. The minimum Gasteiger partial charge on any atom is -0.388 e. The average molecular weight is 245 g/mol. The minimum atomic E-state index is -1.33. The molecule has 2 heterocycles. The third kappa shape index (κ3) is 1.90. The standard InChI is InChI=1S/C9H12FN3O4/c1-3-5(14)6(15)8(17-3)13-2-4(10)7(11)12-9(13)16/h2-3,5-6,8,14-15H,1H3,(H2,11,12,16)/t3-,5+,6?,8-/m0/s1. The highest BCUT2D eigenvalue weighted by atomic mass is 19.1. The van der Waals surface area contributed by atoms with Crippen LogP contribution in [0, 0.1) is 5.82 Å². The predicted molar refractivity (Wildman–Crippen MR) is 54.5 cm³/mol. The number of anilines is 1. The molecule has 1 unspecified atom stereocenters. The summed E-state index contributed by atoms with van der Waals surface area (Å²) in [5, 5.41) is 19.1. The number of rotatable bonds is 1. The maximum Gasteiger partial charge on any atom is 0.351 e. The summed E-state index contributed by atoms with van der Waals surface area (Å²) in [6.07, 6.45) is -3.51. The molecule has 0 bridgehead atoms. The lowest BCUT2D eigenvalue weighted by Gasteiger charge is -2.17. The van der Waals surface area contributed by atoms with Crippen LogP contribution in [0.3, 0.4) is 0 Å². The van der Waals surface area contributed by atoms with Crippen LogP contribution in [0.5, 0.6) is 0 Å². The van der Waals surface area contributed by atoms with Crippen molar-refractivity contribution in [2.24, 2.45) is 0 Å². The molecule has 0 saturated carbocycles. The Morgan fingerprint density at radius 3 is 2.71 bits per heavy atom. The van der Waals surface area contributed by atoms with E-state index in [1.165, 1.54) is 6.92 Å². The van der Waals surface area contributed by atoms with Crippen molar-refractivity contribution in [3.63, 3.8) is 0 Å². The second-order valence-electron chi connectivity index (χ2n) is 3.88. The summed E-state index contributed by atoms with van der Waals surface area (Å²) in [5.74, 6) is -1.42. The van der Waals surface area contributed by atoms with E-state index in [1.807, 2.05) is 0 Å². The fourth-order valence-corrected chi connectivity index (χ4v) is 1.70. The zero-order valence-corrected chi connectivity index (χ0v) is 8.95. The predicted octanol–water partition coefficient (Wildman–Crippen LogP) is -1.40. The van der Waals surface area contributed by atoms with Crippen molar-refractivity contribution < 1.29 is 19.3 Å². The van der Waals surface area contributed by atoms with Crippen molar-refractivity contribution in [1.82, 2.24) is 9.55 Å². The van der Waals surface area contributed by atoms with Crippen molar-refractivity contribution >= 4 is 5.82 Å².